The molecule has 0 radical (unpaired) electrons. The molecule has 0 spiro atoms. The molecule has 4 heteroatoms. The zero-order valence-electron chi connectivity index (χ0n) is 5.50. The number of hydrogen-bond acceptors (Lipinski definition) is 4. The number of nitrogens with zero attached hydrogens (tertiary/aromatic N) is 2. The molecule has 0 N–H and O–H groups in total. The van der Waals surface area contributed by atoms with E-state index in [0.29, 0.717) is 17.5 Å². The SMILES string of the molecule is Cc1ncc2c(n1)OCO2. The molecule has 52 valence electrons. The minimum atomic E-state index is 0.257. The van der Waals surface area contributed by atoms with Gasteiger partial charge in [-0.3, -0.25) is 0 Å². The quantitative estimate of drug-likeness (QED) is 0.524. The van der Waals surface area contributed by atoms with E-state index in [1.54, 1.807) is 6.20 Å². The smallest absolute Gasteiger partial charge is 0.263 e. The molecule has 1 aromatic heterocycles. The predicted molar refractivity (Wildman–Crippen MR) is 32.9 cm³/mol. The topological polar surface area (TPSA) is 44.2 Å². The highest BCUT2D eigenvalue weighted by atomic mass is 16.7. The predicted octanol–water partition coefficient (Wildman–Crippen LogP) is 0.514. The van der Waals surface area contributed by atoms with Gasteiger partial charge in [-0.05, 0) is 6.92 Å². The molecule has 0 unspecified atom stereocenters. The average molecular weight is 138 g/mol. The van der Waals surface area contributed by atoms with Crippen molar-refractivity contribution in [2.75, 3.05) is 6.79 Å². The largest absolute Gasteiger partial charge is 0.450 e. The first-order valence-electron chi connectivity index (χ1n) is 2.95. The monoisotopic (exact) mass is 138 g/mol. The summed E-state index contributed by atoms with van der Waals surface area (Å²) in [5.41, 5.74) is 0. The van der Waals surface area contributed by atoms with Crippen LogP contribution in [0.5, 0.6) is 11.6 Å². The van der Waals surface area contributed by atoms with Crippen LogP contribution < -0.4 is 9.47 Å². The minimum absolute atomic E-state index is 0.257. The molecule has 1 aliphatic rings. The highest BCUT2D eigenvalue weighted by Gasteiger charge is 2.14. The molecule has 0 saturated heterocycles. The minimum Gasteiger partial charge on any atom is -0.450 e. The van der Waals surface area contributed by atoms with Gasteiger partial charge < -0.3 is 9.47 Å². The molecular formula is C6H6N2O2. The van der Waals surface area contributed by atoms with Crippen LogP contribution in [0.1, 0.15) is 5.82 Å². The molecule has 1 aliphatic heterocycles. The lowest BCUT2D eigenvalue weighted by molar-refractivity contribution is 0.171. The van der Waals surface area contributed by atoms with Crippen LogP contribution in [0.2, 0.25) is 0 Å². The van der Waals surface area contributed by atoms with Gasteiger partial charge in [0, 0.05) is 0 Å². The van der Waals surface area contributed by atoms with Gasteiger partial charge in [0.2, 0.25) is 12.5 Å². The lowest BCUT2D eigenvalue weighted by Crippen LogP contribution is -1.93. The first-order chi connectivity index (χ1) is 4.86. The molecule has 4 nitrogen and oxygen atoms in total. The van der Waals surface area contributed by atoms with Gasteiger partial charge >= 0.3 is 0 Å². The van der Waals surface area contributed by atoms with Crippen molar-refractivity contribution in [2.45, 2.75) is 6.92 Å². The van der Waals surface area contributed by atoms with Gasteiger partial charge in [0.05, 0.1) is 6.20 Å². The van der Waals surface area contributed by atoms with E-state index in [-0.39, 0.29) is 6.79 Å². The van der Waals surface area contributed by atoms with Crippen LogP contribution in [0, 0.1) is 6.92 Å². The van der Waals surface area contributed by atoms with Gasteiger partial charge in [-0.15, -0.1) is 0 Å². The van der Waals surface area contributed by atoms with Crippen molar-refractivity contribution in [3.05, 3.63) is 12.0 Å². The second-order valence-electron chi connectivity index (χ2n) is 1.99. The zero-order chi connectivity index (χ0) is 6.97. The summed E-state index contributed by atoms with van der Waals surface area (Å²) in [6.07, 6.45) is 1.62. The molecule has 0 saturated carbocycles. The third kappa shape index (κ3) is 0.689. The second kappa shape index (κ2) is 1.83. The van der Waals surface area contributed by atoms with Crippen LogP contribution in [0.3, 0.4) is 0 Å². The van der Waals surface area contributed by atoms with E-state index >= 15 is 0 Å². The van der Waals surface area contributed by atoms with Crippen LogP contribution in [0.4, 0.5) is 0 Å². The van der Waals surface area contributed by atoms with Crippen molar-refractivity contribution in [1.29, 1.82) is 0 Å². The Balaban J connectivity index is 2.52. The lowest BCUT2D eigenvalue weighted by Gasteiger charge is -1.92. The maximum Gasteiger partial charge on any atom is 0.263 e. The number of hydrogen-bond donors (Lipinski definition) is 0. The third-order valence-corrected chi connectivity index (χ3v) is 1.25. The summed E-state index contributed by atoms with van der Waals surface area (Å²) < 4.78 is 10.0. The van der Waals surface area contributed by atoms with Gasteiger partial charge in [0.1, 0.15) is 5.82 Å². The van der Waals surface area contributed by atoms with E-state index in [1.165, 1.54) is 0 Å². The number of aryl methyl sites for hydroxylation is 1. The van der Waals surface area contributed by atoms with Crippen LogP contribution in [0.25, 0.3) is 0 Å². The highest BCUT2D eigenvalue weighted by Crippen LogP contribution is 2.27. The second-order valence-corrected chi connectivity index (χ2v) is 1.99. The Morgan fingerprint density at radius 1 is 1.50 bits per heavy atom. The Morgan fingerprint density at radius 2 is 2.40 bits per heavy atom. The summed E-state index contributed by atoms with van der Waals surface area (Å²) in [4.78, 5) is 7.93. The standard InChI is InChI=1S/C6H6N2O2/c1-4-7-2-5-6(8-4)10-3-9-5/h2H,3H2,1H3. The summed E-state index contributed by atoms with van der Waals surface area (Å²) in [7, 11) is 0. The van der Waals surface area contributed by atoms with Crippen LogP contribution in [-0.2, 0) is 0 Å². The molecule has 2 rings (SSSR count). The van der Waals surface area contributed by atoms with Gasteiger partial charge in [-0.2, -0.15) is 4.98 Å². The lowest BCUT2D eigenvalue weighted by atomic mass is 10.5. The van der Waals surface area contributed by atoms with E-state index in [1.807, 2.05) is 6.92 Å². The van der Waals surface area contributed by atoms with Crippen molar-refractivity contribution >= 4 is 0 Å². The first kappa shape index (κ1) is 5.46. The number of aromatic nitrogens is 2. The molecule has 0 bridgehead atoms. The maximum absolute atomic E-state index is 5.01. The van der Waals surface area contributed by atoms with Crippen molar-refractivity contribution in [1.82, 2.24) is 9.97 Å². The Kier molecular flexibility index (Phi) is 1.00. The summed E-state index contributed by atoms with van der Waals surface area (Å²) in [6.45, 7) is 2.06. The summed E-state index contributed by atoms with van der Waals surface area (Å²) in [6, 6.07) is 0. The van der Waals surface area contributed by atoms with Crippen molar-refractivity contribution < 1.29 is 9.47 Å². The molecule has 10 heavy (non-hydrogen) atoms. The van der Waals surface area contributed by atoms with Crippen molar-refractivity contribution in [2.24, 2.45) is 0 Å². The Labute approximate surface area is 57.8 Å². The van der Waals surface area contributed by atoms with Gasteiger partial charge in [0.15, 0.2) is 0 Å². The fourth-order valence-corrected chi connectivity index (χ4v) is 0.789. The number of ether oxygens (including phenoxy) is 2. The van der Waals surface area contributed by atoms with E-state index in [2.05, 4.69) is 9.97 Å². The van der Waals surface area contributed by atoms with Gasteiger partial charge in [-0.1, -0.05) is 0 Å². The number of rotatable bonds is 0. The van der Waals surface area contributed by atoms with Crippen molar-refractivity contribution in [3.63, 3.8) is 0 Å². The molecule has 2 heterocycles. The Hall–Kier alpha value is -1.32. The Morgan fingerprint density at radius 3 is 3.30 bits per heavy atom. The fraction of sp³-hybridized carbons (Fsp3) is 0.333. The molecule has 0 aromatic carbocycles. The normalized spacial score (nSPS) is 13.7. The maximum atomic E-state index is 5.01. The molecule has 0 amide bonds. The van der Waals surface area contributed by atoms with Crippen LogP contribution in [0.15, 0.2) is 6.20 Å². The van der Waals surface area contributed by atoms with Crippen LogP contribution in [-0.4, -0.2) is 16.8 Å². The van der Waals surface area contributed by atoms with Gasteiger partial charge in [0.25, 0.3) is 5.88 Å². The van der Waals surface area contributed by atoms with E-state index in [4.69, 9.17) is 9.47 Å². The van der Waals surface area contributed by atoms with E-state index < -0.39 is 0 Å². The molecular weight excluding hydrogens is 132 g/mol. The summed E-state index contributed by atoms with van der Waals surface area (Å²) in [5.74, 6) is 1.88. The van der Waals surface area contributed by atoms with Gasteiger partial charge in [-0.25, -0.2) is 4.98 Å². The van der Waals surface area contributed by atoms with Crippen molar-refractivity contribution in [3.8, 4) is 11.6 Å². The molecule has 0 atom stereocenters. The molecule has 0 fully saturated rings. The highest BCUT2D eigenvalue weighted by molar-refractivity contribution is 5.32. The first-order valence-corrected chi connectivity index (χ1v) is 2.95. The van der Waals surface area contributed by atoms with E-state index in [0.717, 1.165) is 0 Å². The summed E-state index contributed by atoms with van der Waals surface area (Å²) in [5, 5.41) is 0. The number of fused-ring (bicyclic) bond motifs is 1. The molecule has 1 aromatic rings. The zero-order valence-corrected chi connectivity index (χ0v) is 5.50. The van der Waals surface area contributed by atoms with E-state index in [9.17, 15) is 0 Å². The summed E-state index contributed by atoms with van der Waals surface area (Å²) >= 11 is 0. The Bertz CT molecular complexity index is 262. The third-order valence-electron chi connectivity index (χ3n) is 1.25. The average Bonchev–Trinajstić information content (AvgIpc) is 2.33. The van der Waals surface area contributed by atoms with Crippen LogP contribution >= 0.6 is 0 Å². The molecule has 0 aliphatic carbocycles. The fourth-order valence-electron chi connectivity index (χ4n) is 0.789.